The molecule has 0 fully saturated rings. The molecule has 6 nitrogen and oxygen atoms in total. The van der Waals surface area contributed by atoms with Gasteiger partial charge in [-0.2, -0.15) is 5.10 Å². The van der Waals surface area contributed by atoms with E-state index in [9.17, 15) is 4.79 Å². The van der Waals surface area contributed by atoms with Gasteiger partial charge in [-0.25, -0.2) is 5.01 Å². The third kappa shape index (κ3) is 3.89. The molecule has 2 aliphatic heterocycles. The van der Waals surface area contributed by atoms with E-state index in [1.165, 1.54) is 9.75 Å². The average molecular weight is 577 g/mol. The lowest BCUT2D eigenvalue weighted by Crippen LogP contribution is -2.44. The van der Waals surface area contributed by atoms with Crippen LogP contribution in [0.25, 0.3) is 9.75 Å². The van der Waals surface area contributed by atoms with Crippen LogP contribution in [0.2, 0.25) is 0 Å². The summed E-state index contributed by atoms with van der Waals surface area (Å²) in [5, 5.41) is 8.71. The lowest BCUT2D eigenvalue weighted by molar-refractivity contribution is 0.0675. The second-order valence-electron chi connectivity index (χ2n) is 10.5. The highest BCUT2D eigenvalue weighted by Gasteiger charge is 2.57. The van der Waals surface area contributed by atoms with Gasteiger partial charge in [-0.1, -0.05) is 36.4 Å². The van der Waals surface area contributed by atoms with Gasteiger partial charge in [0, 0.05) is 88.6 Å². The predicted molar refractivity (Wildman–Crippen MR) is 169 cm³/mol. The van der Waals surface area contributed by atoms with E-state index >= 15 is 0 Å². The molecular formula is C33H28N4O2S2. The lowest BCUT2D eigenvalue weighted by Gasteiger charge is -2.42. The molecule has 2 aliphatic rings. The molecule has 1 amide bonds. The number of fused-ring (bicyclic) bond motifs is 6. The minimum atomic E-state index is -0.989. The summed E-state index contributed by atoms with van der Waals surface area (Å²) in [4.78, 5) is 21.7. The summed E-state index contributed by atoms with van der Waals surface area (Å²) in [6.45, 7) is 0. The highest BCUT2D eigenvalue weighted by atomic mass is 32.1. The Kier molecular flexibility index (Phi) is 5.99. The van der Waals surface area contributed by atoms with E-state index in [2.05, 4.69) is 53.9 Å². The number of nitrogens with zero attached hydrogens (tertiary/aromatic N) is 4. The molecule has 8 heteroatoms. The molecule has 2 aromatic heterocycles. The maximum atomic E-state index is 14.2. The quantitative estimate of drug-likeness (QED) is 0.203. The Bertz CT molecular complexity index is 1760. The molecule has 204 valence electrons. The van der Waals surface area contributed by atoms with Gasteiger partial charge in [-0.15, -0.1) is 22.7 Å². The molecule has 3 aromatic carbocycles. The zero-order valence-electron chi connectivity index (χ0n) is 23.2. The first-order valence-electron chi connectivity index (χ1n) is 13.3. The van der Waals surface area contributed by atoms with Crippen molar-refractivity contribution < 1.29 is 9.53 Å². The van der Waals surface area contributed by atoms with E-state index in [0.717, 1.165) is 32.9 Å². The smallest absolute Gasteiger partial charge is 0.275 e. The number of rotatable bonds is 5. The molecule has 0 aliphatic carbocycles. The molecule has 0 N–H and O–H groups in total. The van der Waals surface area contributed by atoms with E-state index in [4.69, 9.17) is 9.84 Å². The summed E-state index contributed by atoms with van der Waals surface area (Å²) in [6.07, 6.45) is 1.81. The van der Waals surface area contributed by atoms with Crippen LogP contribution in [0.4, 0.5) is 11.4 Å². The van der Waals surface area contributed by atoms with Crippen molar-refractivity contribution in [2.75, 3.05) is 38.0 Å². The molecule has 0 saturated carbocycles. The summed E-state index contributed by atoms with van der Waals surface area (Å²) < 4.78 is 6.61. The van der Waals surface area contributed by atoms with Crippen LogP contribution in [0.5, 0.6) is 11.5 Å². The number of hydrogen-bond acceptors (Lipinski definition) is 7. The predicted octanol–water partition coefficient (Wildman–Crippen LogP) is 7.50. The number of carbonyl (C=O) groups excluding carboxylic acids is 1. The van der Waals surface area contributed by atoms with Crippen molar-refractivity contribution in [1.29, 1.82) is 0 Å². The number of hydrazone groups is 1. The van der Waals surface area contributed by atoms with Crippen LogP contribution in [0.3, 0.4) is 0 Å². The minimum absolute atomic E-state index is 0.140. The molecule has 0 radical (unpaired) electrons. The standard InChI is InChI=1S/C33H28N4O2S2/c1-35(2)21-11-14-26-28(18-21)39-29-19-22(36(3)4)12-15-27(29)33(26)25-9-6-5-8-24(25)32(38)37(33)34-20-23-13-16-31(41-23)30-10-7-17-40-30/h5-20H,1-4H3/b34-20+. The second-order valence-corrected chi connectivity index (χ2v) is 12.6. The van der Waals surface area contributed by atoms with Crippen molar-refractivity contribution >= 4 is 46.2 Å². The fraction of sp³-hybridized carbons (Fsp3) is 0.152. The van der Waals surface area contributed by atoms with Gasteiger partial charge in [0.1, 0.15) is 17.0 Å². The van der Waals surface area contributed by atoms with Crippen LogP contribution >= 0.6 is 22.7 Å². The summed E-state index contributed by atoms with van der Waals surface area (Å²) >= 11 is 3.38. The maximum absolute atomic E-state index is 14.2. The van der Waals surface area contributed by atoms with Crippen LogP contribution in [0, 0.1) is 0 Å². The molecule has 0 unspecified atom stereocenters. The summed E-state index contributed by atoms with van der Waals surface area (Å²) in [5.74, 6) is 1.28. The van der Waals surface area contributed by atoms with Crippen molar-refractivity contribution in [2.24, 2.45) is 5.10 Å². The Balaban J connectivity index is 1.46. The van der Waals surface area contributed by atoms with Gasteiger partial charge in [0.25, 0.3) is 5.91 Å². The molecule has 41 heavy (non-hydrogen) atoms. The SMILES string of the molecule is CN(C)c1ccc2c(c1)Oc1cc(N(C)C)ccc1C21c2ccccc2C(=O)N1/N=C/c1ccc(-c2cccs2)s1. The molecule has 0 bridgehead atoms. The first kappa shape index (κ1) is 25.6. The molecule has 7 rings (SSSR count). The van der Waals surface area contributed by atoms with Gasteiger partial charge in [-0.3, -0.25) is 4.79 Å². The molecule has 0 saturated heterocycles. The molecule has 1 spiro atoms. The van der Waals surface area contributed by atoms with Gasteiger partial charge in [0.2, 0.25) is 0 Å². The van der Waals surface area contributed by atoms with E-state index in [-0.39, 0.29) is 5.91 Å². The summed E-state index contributed by atoms with van der Waals surface area (Å²) in [6, 6.07) is 28.6. The number of carbonyl (C=O) groups is 1. The Morgan fingerprint density at radius 3 is 2.10 bits per heavy atom. The largest absolute Gasteiger partial charge is 0.456 e. The van der Waals surface area contributed by atoms with E-state index in [1.807, 2.05) is 80.6 Å². The number of amides is 1. The lowest BCUT2D eigenvalue weighted by atomic mass is 9.75. The van der Waals surface area contributed by atoms with E-state index in [0.29, 0.717) is 17.1 Å². The van der Waals surface area contributed by atoms with Crippen LogP contribution in [0.15, 0.2) is 95.4 Å². The first-order chi connectivity index (χ1) is 19.9. The second kappa shape index (κ2) is 9.61. The molecule has 0 atom stereocenters. The van der Waals surface area contributed by atoms with Crippen LogP contribution in [0.1, 0.15) is 31.9 Å². The number of hydrogen-bond donors (Lipinski definition) is 0. The normalized spacial score (nSPS) is 14.6. The zero-order valence-corrected chi connectivity index (χ0v) is 24.8. The Hall–Kier alpha value is -4.40. The first-order valence-corrected chi connectivity index (χ1v) is 15.0. The Labute approximate surface area is 247 Å². The topological polar surface area (TPSA) is 48.4 Å². The van der Waals surface area contributed by atoms with Gasteiger partial charge in [-0.05, 0) is 41.8 Å². The van der Waals surface area contributed by atoms with E-state index in [1.54, 1.807) is 27.7 Å². The zero-order chi connectivity index (χ0) is 28.3. The Morgan fingerprint density at radius 2 is 1.46 bits per heavy atom. The average Bonchev–Trinajstić information content (AvgIpc) is 3.72. The van der Waals surface area contributed by atoms with Crippen LogP contribution in [-0.2, 0) is 5.54 Å². The van der Waals surface area contributed by atoms with E-state index < -0.39 is 5.54 Å². The fourth-order valence-corrected chi connectivity index (χ4v) is 7.43. The third-order valence-corrected chi connectivity index (χ3v) is 9.80. The summed E-state index contributed by atoms with van der Waals surface area (Å²) in [7, 11) is 8.04. The number of benzene rings is 3. The molecular weight excluding hydrogens is 549 g/mol. The van der Waals surface area contributed by atoms with Crippen LogP contribution in [-0.4, -0.2) is 45.3 Å². The van der Waals surface area contributed by atoms with Crippen molar-refractivity contribution in [3.63, 3.8) is 0 Å². The monoisotopic (exact) mass is 576 g/mol. The molecule has 5 aromatic rings. The number of ether oxygens (including phenoxy) is 1. The highest BCUT2D eigenvalue weighted by molar-refractivity contribution is 7.22. The van der Waals surface area contributed by atoms with Gasteiger partial charge < -0.3 is 14.5 Å². The highest BCUT2D eigenvalue weighted by Crippen LogP contribution is 2.58. The fourth-order valence-electron chi connectivity index (χ4n) is 5.72. The van der Waals surface area contributed by atoms with Crippen molar-refractivity contribution in [3.8, 4) is 21.3 Å². The van der Waals surface area contributed by atoms with Gasteiger partial charge >= 0.3 is 0 Å². The van der Waals surface area contributed by atoms with Crippen LogP contribution < -0.4 is 14.5 Å². The van der Waals surface area contributed by atoms with Crippen molar-refractivity contribution in [3.05, 3.63) is 117 Å². The third-order valence-electron chi connectivity index (χ3n) is 7.71. The Morgan fingerprint density at radius 1 is 0.780 bits per heavy atom. The summed E-state index contributed by atoms with van der Waals surface area (Å²) in [5.41, 5.74) is 4.34. The number of thiophene rings is 2. The van der Waals surface area contributed by atoms with Crippen molar-refractivity contribution in [2.45, 2.75) is 5.54 Å². The van der Waals surface area contributed by atoms with Gasteiger partial charge in [0.15, 0.2) is 0 Å². The minimum Gasteiger partial charge on any atom is -0.456 e. The van der Waals surface area contributed by atoms with Crippen molar-refractivity contribution in [1.82, 2.24) is 5.01 Å². The molecule has 4 heterocycles. The van der Waals surface area contributed by atoms with Gasteiger partial charge in [0.05, 0.1) is 6.21 Å². The number of anilines is 2. The maximum Gasteiger partial charge on any atom is 0.275 e.